The predicted molar refractivity (Wildman–Crippen MR) is 62.6 cm³/mol. The lowest BCUT2D eigenvalue weighted by Crippen LogP contribution is -2.35. The van der Waals surface area contributed by atoms with Crippen molar-refractivity contribution in [2.45, 2.75) is 26.7 Å². The van der Waals surface area contributed by atoms with Gasteiger partial charge < -0.3 is 10.6 Å². The lowest BCUT2D eigenvalue weighted by Gasteiger charge is -2.25. The van der Waals surface area contributed by atoms with E-state index < -0.39 is 0 Å². The summed E-state index contributed by atoms with van der Waals surface area (Å²) in [4.78, 5) is 11.0. The van der Waals surface area contributed by atoms with Crippen molar-refractivity contribution in [1.82, 2.24) is 10.6 Å². The van der Waals surface area contributed by atoms with Crippen molar-refractivity contribution in [3.05, 3.63) is 11.6 Å². The minimum absolute atomic E-state index is 0.0612. The molecule has 86 valence electrons. The molecule has 0 aromatic rings. The molecule has 0 fully saturated rings. The molecule has 0 saturated carbocycles. The maximum atomic E-state index is 11.0. The topological polar surface area (TPSA) is 41.1 Å². The fraction of sp³-hybridized carbons (Fsp3) is 0.750. The monoisotopic (exact) mass is 210 g/mol. The molecule has 0 aliphatic heterocycles. The van der Waals surface area contributed by atoms with Crippen LogP contribution in [0.5, 0.6) is 0 Å². The zero-order valence-corrected chi connectivity index (χ0v) is 9.97. The predicted octanol–water partition coefficient (Wildman–Crippen LogP) is 1.31. The van der Waals surface area contributed by atoms with Gasteiger partial charge in [-0.2, -0.15) is 0 Å². The highest BCUT2D eigenvalue weighted by atomic mass is 16.1. The van der Waals surface area contributed by atoms with Crippen LogP contribution in [0.25, 0.3) is 0 Å². The van der Waals surface area contributed by atoms with Crippen LogP contribution in [0.4, 0.5) is 0 Å². The largest absolute Gasteiger partial charge is 0.358 e. The van der Waals surface area contributed by atoms with E-state index in [0.29, 0.717) is 18.4 Å². The van der Waals surface area contributed by atoms with Gasteiger partial charge in [-0.1, -0.05) is 18.6 Å². The molecule has 0 aromatic carbocycles. The maximum absolute atomic E-state index is 11.0. The summed E-state index contributed by atoms with van der Waals surface area (Å²) in [6.45, 7) is 5.84. The summed E-state index contributed by atoms with van der Waals surface area (Å²) < 4.78 is 0. The average molecular weight is 210 g/mol. The second-order valence-electron chi connectivity index (χ2n) is 4.60. The third-order valence-electron chi connectivity index (χ3n) is 2.88. The Balaban J connectivity index is 2.23. The number of carbonyl (C=O) groups excluding carboxylic acids is 1. The van der Waals surface area contributed by atoms with Gasteiger partial charge in [0.1, 0.15) is 0 Å². The van der Waals surface area contributed by atoms with Gasteiger partial charge in [-0.3, -0.25) is 4.79 Å². The molecule has 0 heterocycles. The third kappa shape index (κ3) is 4.47. The molecular weight excluding hydrogens is 188 g/mol. The summed E-state index contributed by atoms with van der Waals surface area (Å²) in [5, 5.41) is 5.82. The molecule has 1 rings (SSSR count). The van der Waals surface area contributed by atoms with Crippen LogP contribution < -0.4 is 10.6 Å². The van der Waals surface area contributed by atoms with Crippen LogP contribution in [0.3, 0.4) is 0 Å². The minimum atomic E-state index is 0.0612. The van der Waals surface area contributed by atoms with Gasteiger partial charge in [-0.25, -0.2) is 0 Å². The van der Waals surface area contributed by atoms with E-state index in [1.807, 2.05) is 0 Å². The van der Waals surface area contributed by atoms with Crippen molar-refractivity contribution in [3.63, 3.8) is 0 Å². The lowest BCUT2D eigenvalue weighted by atomic mass is 9.84. The van der Waals surface area contributed by atoms with Crippen LogP contribution in [0.15, 0.2) is 11.6 Å². The molecule has 1 aliphatic rings. The molecular formula is C12H22N2O. The molecule has 1 aliphatic carbocycles. The van der Waals surface area contributed by atoms with Gasteiger partial charge >= 0.3 is 0 Å². The van der Waals surface area contributed by atoms with E-state index in [9.17, 15) is 4.79 Å². The SMILES string of the molecule is CNC(=O)CNCC1CC(C)=CC(C)C1. The fourth-order valence-corrected chi connectivity index (χ4v) is 2.32. The van der Waals surface area contributed by atoms with Gasteiger partial charge in [0.05, 0.1) is 6.54 Å². The van der Waals surface area contributed by atoms with E-state index in [4.69, 9.17) is 0 Å². The number of carbonyl (C=O) groups is 1. The Morgan fingerprint density at radius 2 is 2.33 bits per heavy atom. The van der Waals surface area contributed by atoms with Crippen LogP contribution in [0, 0.1) is 11.8 Å². The summed E-state index contributed by atoms with van der Waals surface area (Å²) in [6.07, 6.45) is 4.76. The first-order valence-electron chi connectivity index (χ1n) is 5.70. The van der Waals surface area contributed by atoms with Gasteiger partial charge in [0.15, 0.2) is 0 Å². The number of nitrogens with one attached hydrogen (secondary N) is 2. The molecule has 0 bridgehead atoms. The fourth-order valence-electron chi connectivity index (χ4n) is 2.32. The summed E-state index contributed by atoms with van der Waals surface area (Å²) >= 11 is 0. The van der Waals surface area contributed by atoms with Crippen molar-refractivity contribution in [2.24, 2.45) is 11.8 Å². The quantitative estimate of drug-likeness (QED) is 0.687. The minimum Gasteiger partial charge on any atom is -0.358 e. The van der Waals surface area contributed by atoms with Crippen molar-refractivity contribution in [3.8, 4) is 0 Å². The summed E-state index contributed by atoms with van der Waals surface area (Å²) in [5.41, 5.74) is 1.49. The van der Waals surface area contributed by atoms with Crippen LogP contribution in [-0.4, -0.2) is 26.0 Å². The molecule has 2 unspecified atom stereocenters. The van der Waals surface area contributed by atoms with Crippen molar-refractivity contribution in [2.75, 3.05) is 20.1 Å². The first kappa shape index (κ1) is 12.2. The van der Waals surface area contributed by atoms with Crippen LogP contribution >= 0.6 is 0 Å². The molecule has 0 radical (unpaired) electrons. The first-order chi connectivity index (χ1) is 7.11. The van der Waals surface area contributed by atoms with Gasteiger partial charge in [-0.15, -0.1) is 0 Å². The van der Waals surface area contributed by atoms with E-state index >= 15 is 0 Å². The summed E-state index contributed by atoms with van der Waals surface area (Å²) in [7, 11) is 1.67. The Labute approximate surface area is 92.3 Å². The molecule has 15 heavy (non-hydrogen) atoms. The maximum Gasteiger partial charge on any atom is 0.233 e. The Morgan fingerprint density at radius 3 is 2.93 bits per heavy atom. The normalized spacial score (nSPS) is 25.9. The first-order valence-corrected chi connectivity index (χ1v) is 5.70. The van der Waals surface area contributed by atoms with Crippen molar-refractivity contribution >= 4 is 5.91 Å². The summed E-state index contributed by atoms with van der Waals surface area (Å²) in [6, 6.07) is 0. The van der Waals surface area contributed by atoms with Crippen LogP contribution in [-0.2, 0) is 4.79 Å². The Morgan fingerprint density at radius 1 is 1.60 bits per heavy atom. The molecule has 2 N–H and O–H groups in total. The number of rotatable bonds is 4. The van der Waals surface area contributed by atoms with E-state index in [2.05, 4.69) is 30.6 Å². The molecule has 0 spiro atoms. The van der Waals surface area contributed by atoms with Gasteiger partial charge in [-0.05, 0) is 38.1 Å². The molecule has 2 atom stereocenters. The second-order valence-corrected chi connectivity index (χ2v) is 4.60. The van der Waals surface area contributed by atoms with E-state index in [-0.39, 0.29) is 5.91 Å². The average Bonchev–Trinajstić information content (AvgIpc) is 2.16. The van der Waals surface area contributed by atoms with Gasteiger partial charge in [0, 0.05) is 7.05 Å². The number of likely N-dealkylation sites (N-methyl/N-ethyl adjacent to an activating group) is 1. The van der Waals surface area contributed by atoms with Gasteiger partial charge in [0.2, 0.25) is 5.91 Å². The highest BCUT2D eigenvalue weighted by Gasteiger charge is 2.17. The third-order valence-corrected chi connectivity index (χ3v) is 2.88. The summed E-state index contributed by atoms with van der Waals surface area (Å²) in [5.74, 6) is 1.44. The second kappa shape index (κ2) is 5.91. The molecule has 0 saturated heterocycles. The molecule has 3 nitrogen and oxygen atoms in total. The smallest absolute Gasteiger partial charge is 0.233 e. The Kier molecular flexibility index (Phi) is 4.82. The zero-order valence-electron chi connectivity index (χ0n) is 9.97. The van der Waals surface area contributed by atoms with Crippen LogP contribution in [0.1, 0.15) is 26.7 Å². The van der Waals surface area contributed by atoms with Crippen molar-refractivity contribution < 1.29 is 4.79 Å². The van der Waals surface area contributed by atoms with E-state index in [1.165, 1.54) is 18.4 Å². The standard InChI is InChI=1S/C12H22N2O/c1-9-4-10(2)6-11(5-9)7-14-8-12(15)13-3/h4,9,11,14H,5-8H2,1-3H3,(H,13,15). The van der Waals surface area contributed by atoms with E-state index in [1.54, 1.807) is 7.05 Å². The molecule has 0 aromatic heterocycles. The highest BCUT2D eigenvalue weighted by molar-refractivity contribution is 5.77. The Hall–Kier alpha value is -0.830. The number of hydrogen-bond donors (Lipinski definition) is 2. The zero-order chi connectivity index (χ0) is 11.3. The number of hydrogen-bond acceptors (Lipinski definition) is 2. The van der Waals surface area contributed by atoms with E-state index in [0.717, 1.165) is 6.54 Å². The molecule has 1 amide bonds. The highest BCUT2D eigenvalue weighted by Crippen LogP contribution is 2.26. The number of allylic oxidation sites excluding steroid dienone is 2. The van der Waals surface area contributed by atoms with Crippen LogP contribution in [0.2, 0.25) is 0 Å². The van der Waals surface area contributed by atoms with Crippen molar-refractivity contribution in [1.29, 1.82) is 0 Å². The lowest BCUT2D eigenvalue weighted by molar-refractivity contribution is -0.119. The van der Waals surface area contributed by atoms with Gasteiger partial charge in [0.25, 0.3) is 0 Å². The molecule has 3 heteroatoms. The Bertz CT molecular complexity index is 248. The number of amides is 1.